The molecule has 0 radical (unpaired) electrons. The summed E-state index contributed by atoms with van der Waals surface area (Å²) in [5.74, 6) is 0.699. The molecular weight excluding hydrogens is 194 g/mol. The van der Waals surface area contributed by atoms with Gasteiger partial charge < -0.3 is 5.73 Å². The maximum absolute atomic E-state index is 11.1. The number of hydrogen-bond acceptors (Lipinski definition) is 2. The zero-order valence-electron chi connectivity index (χ0n) is 8.32. The number of carbonyl (C=O) groups is 1. The Hall–Kier alpha value is -0.960. The first kappa shape index (κ1) is 11.1. The molecular formula is C11H15NOS. The molecule has 76 valence electrons. The lowest BCUT2D eigenvalue weighted by Crippen LogP contribution is -2.11. The van der Waals surface area contributed by atoms with Crippen molar-refractivity contribution in [2.45, 2.75) is 24.7 Å². The van der Waals surface area contributed by atoms with Crippen molar-refractivity contribution in [3.63, 3.8) is 0 Å². The fraction of sp³-hybridized carbons (Fsp3) is 0.364. The Morgan fingerprint density at radius 1 is 1.43 bits per heavy atom. The zero-order valence-corrected chi connectivity index (χ0v) is 9.14. The summed E-state index contributed by atoms with van der Waals surface area (Å²) in [6.07, 6.45) is 2.34. The Labute approximate surface area is 88.9 Å². The van der Waals surface area contributed by atoms with Gasteiger partial charge in [-0.3, -0.25) is 4.79 Å². The van der Waals surface area contributed by atoms with E-state index in [0.29, 0.717) is 5.56 Å². The summed E-state index contributed by atoms with van der Waals surface area (Å²) in [6.45, 7) is 2.15. The number of rotatable bonds is 5. The van der Waals surface area contributed by atoms with E-state index in [4.69, 9.17) is 5.73 Å². The van der Waals surface area contributed by atoms with Crippen molar-refractivity contribution in [3.05, 3.63) is 29.8 Å². The van der Waals surface area contributed by atoms with Gasteiger partial charge in [-0.05, 0) is 24.3 Å². The number of benzene rings is 1. The van der Waals surface area contributed by atoms with E-state index in [1.54, 1.807) is 17.8 Å². The largest absolute Gasteiger partial charge is 0.366 e. The SMILES string of the molecule is CCCCSc1ccccc1C(N)=O. The number of nitrogens with two attached hydrogens (primary N) is 1. The average molecular weight is 209 g/mol. The van der Waals surface area contributed by atoms with Gasteiger partial charge in [0.15, 0.2) is 0 Å². The van der Waals surface area contributed by atoms with Crippen LogP contribution in [0.15, 0.2) is 29.2 Å². The Bertz CT molecular complexity index is 312. The highest BCUT2D eigenvalue weighted by Crippen LogP contribution is 2.23. The van der Waals surface area contributed by atoms with Crippen molar-refractivity contribution in [3.8, 4) is 0 Å². The monoisotopic (exact) mass is 209 g/mol. The Morgan fingerprint density at radius 2 is 2.14 bits per heavy atom. The summed E-state index contributed by atoms with van der Waals surface area (Å²) >= 11 is 1.70. The van der Waals surface area contributed by atoms with Crippen molar-refractivity contribution in [1.82, 2.24) is 0 Å². The van der Waals surface area contributed by atoms with Gasteiger partial charge in [-0.15, -0.1) is 11.8 Å². The quantitative estimate of drug-likeness (QED) is 0.598. The van der Waals surface area contributed by atoms with Crippen LogP contribution in [0.5, 0.6) is 0 Å². The van der Waals surface area contributed by atoms with Gasteiger partial charge in [-0.25, -0.2) is 0 Å². The second kappa shape index (κ2) is 5.70. The van der Waals surface area contributed by atoms with Crippen molar-refractivity contribution in [2.75, 3.05) is 5.75 Å². The second-order valence-electron chi connectivity index (χ2n) is 3.06. The van der Waals surface area contributed by atoms with Gasteiger partial charge in [0.2, 0.25) is 5.91 Å². The predicted molar refractivity (Wildman–Crippen MR) is 60.6 cm³/mol. The molecule has 1 rings (SSSR count). The Morgan fingerprint density at radius 3 is 2.79 bits per heavy atom. The van der Waals surface area contributed by atoms with Gasteiger partial charge in [0.25, 0.3) is 0 Å². The second-order valence-corrected chi connectivity index (χ2v) is 4.20. The molecule has 3 heteroatoms. The van der Waals surface area contributed by atoms with Crippen LogP contribution in [0.2, 0.25) is 0 Å². The number of amides is 1. The van der Waals surface area contributed by atoms with Crippen molar-refractivity contribution < 1.29 is 4.79 Å². The molecule has 0 spiro atoms. The molecule has 1 amide bonds. The van der Waals surface area contributed by atoms with E-state index in [9.17, 15) is 4.79 Å². The number of thioether (sulfide) groups is 1. The molecule has 0 aliphatic heterocycles. The highest BCUT2D eigenvalue weighted by Gasteiger charge is 2.06. The maximum atomic E-state index is 11.1. The van der Waals surface area contributed by atoms with E-state index < -0.39 is 0 Å². The summed E-state index contributed by atoms with van der Waals surface area (Å²) < 4.78 is 0. The summed E-state index contributed by atoms with van der Waals surface area (Å²) in [7, 11) is 0. The molecule has 0 saturated heterocycles. The van der Waals surface area contributed by atoms with Gasteiger partial charge in [0.1, 0.15) is 0 Å². The van der Waals surface area contributed by atoms with E-state index in [2.05, 4.69) is 6.92 Å². The minimum absolute atomic E-state index is 0.343. The number of unbranched alkanes of at least 4 members (excludes halogenated alkanes) is 1. The third-order valence-corrected chi connectivity index (χ3v) is 3.07. The molecule has 0 aromatic heterocycles. The average Bonchev–Trinajstić information content (AvgIpc) is 2.19. The van der Waals surface area contributed by atoms with Crippen LogP contribution in [-0.2, 0) is 0 Å². The molecule has 0 atom stereocenters. The lowest BCUT2D eigenvalue weighted by atomic mass is 10.2. The lowest BCUT2D eigenvalue weighted by Gasteiger charge is -2.04. The van der Waals surface area contributed by atoms with Gasteiger partial charge >= 0.3 is 0 Å². The molecule has 0 unspecified atom stereocenters. The first-order valence-corrected chi connectivity index (χ1v) is 5.76. The molecule has 2 N–H and O–H groups in total. The van der Waals surface area contributed by atoms with Crippen LogP contribution in [0, 0.1) is 0 Å². The summed E-state index contributed by atoms with van der Waals surface area (Å²) in [5.41, 5.74) is 5.90. The summed E-state index contributed by atoms with van der Waals surface area (Å²) in [5, 5.41) is 0. The zero-order chi connectivity index (χ0) is 10.4. The van der Waals surface area contributed by atoms with Crippen molar-refractivity contribution in [2.24, 2.45) is 5.73 Å². The molecule has 0 heterocycles. The first-order chi connectivity index (χ1) is 6.75. The lowest BCUT2D eigenvalue weighted by molar-refractivity contribution is 0.0997. The molecule has 1 aromatic rings. The standard InChI is InChI=1S/C11H15NOS/c1-2-3-8-14-10-7-5-4-6-9(10)11(12)13/h4-7H,2-3,8H2,1H3,(H2,12,13). The molecule has 0 aliphatic rings. The van der Waals surface area contributed by atoms with Crippen LogP contribution < -0.4 is 5.73 Å². The predicted octanol–water partition coefficient (Wildman–Crippen LogP) is 2.68. The van der Waals surface area contributed by atoms with Crippen molar-refractivity contribution >= 4 is 17.7 Å². The van der Waals surface area contributed by atoms with Crippen LogP contribution >= 0.6 is 11.8 Å². The summed E-state index contributed by atoms with van der Waals surface area (Å²) in [6, 6.07) is 7.49. The van der Waals surface area contributed by atoms with Crippen molar-refractivity contribution in [1.29, 1.82) is 0 Å². The molecule has 0 fully saturated rings. The summed E-state index contributed by atoms with van der Waals surface area (Å²) in [4.78, 5) is 12.1. The molecule has 0 bridgehead atoms. The van der Waals surface area contributed by atoms with Gasteiger partial charge in [0.05, 0.1) is 5.56 Å². The van der Waals surface area contributed by atoms with Crippen LogP contribution in [0.4, 0.5) is 0 Å². The van der Waals surface area contributed by atoms with E-state index in [0.717, 1.165) is 17.1 Å². The van der Waals surface area contributed by atoms with Crippen LogP contribution in [0.3, 0.4) is 0 Å². The molecule has 0 saturated carbocycles. The minimum atomic E-state index is -0.343. The third-order valence-electron chi connectivity index (χ3n) is 1.91. The third kappa shape index (κ3) is 3.07. The van der Waals surface area contributed by atoms with E-state index >= 15 is 0 Å². The fourth-order valence-electron chi connectivity index (χ4n) is 1.12. The van der Waals surface area contributed by atoms with Crippen LogP contribution in [0.1, 0.15) is 30.1 Å². The maximum Gasteiger partial charge on any atom is 0.249 e. The highest BCUT2D eigenvalue weighted by molar-refractivity contribution is 7.99. The van der Waals surface area contributed by atoms with Crippen LogP contribution in [0.25, 0.3) is 0 Å². The first-order valence-electron chi connectivity index (χ1n) is 4.77. The smallest absolute Gasteiger partial charge is 0.249 e. The Balaban J connectivity index is 2.69. The minimum Gasteiger partial charge on any atom is -0.366 e. The normalized spacial score (nSPS) is 10.1. The number of primary amides is 1. The highest BCUT2D eigenvalue weighted by atomic mass is 32.2. The number of hydrogen-bond donors (Lipinski definition) is 1. The van der Waals surface area contributed by atoms with Crippen LogP contribution in [-0.4, -0.2) is 11.7 Å². The van der Waals surface area contributed by atoms with E-state index in [1.165, 1.54) is 6.42 Å². The molecule has 0 aliphatic carbocycles. The number of carbonyl (C=O) groups excluding carboxylic acids is 1. The Kier molecular flexibility index (Phi) is 4.53. The molecule has 1 aromatic carbocycles. The van der Waals surface area contributed by atoms with Gasteiger partial charge in [-0.2, -0.15) is 0 Å². The van der Waals surface area contributed by atoms with E-state index in [-0.39, 0.29) is 5.91 Å². The van der Waals surface area contributed by atoms with Gasteiger partial charge in [-0.1, -0.05) is 25.5 Å². The van der Waals surface area contributed by atoms with E-state index in [1.807, 2.05) is 18.2 Å². The van der Waals surface area contributed by atoms with Gasteiger partial charge in [0, 0.05) is 4.90 Å². The topological polar surface area (TPSA) is 43.1 Å². The molecule has 2 nitrogen and oxygen atoms in total. The fourth-order valence-corrected chi connectivity index (χ4v) is 2.27. The molecule has 14 heavy (non-hydrogen) atoms.